The molecule has 14 heavy (non-hydrogen) atoms. The maximum absolute atomic E-state index is 13.1. The number of benzene rings is 1. The number of aryl methyl sites for hydroxylation is 1. The van der Waals surface area contributed by atoms with E-state index in [0.29, 0.717) is 0 Å². The van der Waals surface area contributed by atoms with Crippen LogP contribution in [0.2, 0.25) is 0 Å². The first kappa shape index (κ1) is 10.7. The fraction of sp³-hybridized carbons (Fsp3) is 0.300. The molecule has 0 aromatic heterocycles. The van der Waals surface area contributed by atoms with Crippen LogP contribution in [0.15, 0.2) is 18.2 Å². The summed E-state index contributed by atoms with van der Waals surface area (Å²) in [5.41, 5.74) is 6.39. The topological polar surface area (TPSA) is 55.1 Å². The highest BCUT2D eigenvalue weighted by molar-refractivity contribution is 5.94. The number of carbonyl (C=O) groups is 1. The fourth-order valence-electron chi connectivity index (χ4n) is 0.981. The molecule has 0 fully saturated rings. The van der Waals surface area contributed by atoms with Crippen LogP contribution >= 0.6 is 0 Å². The number of halogens is 1. The molecule has 0 spiro atoms. The Morgan fingerprint density at radius 1 is 1.57 bits per heavy atom. The van der Waals surface area contributed by atoms with Crippen molar-refractivity contribution in [2.45, 2.75) is 19.9 Å². The summed E-state index contributed by atoms with van der Waals surface area (Å²) in [5.74, 6) is -0.848. The molecule has 1 amide bonds. The van der Waals surface area contributed by atoms with E-state index in [2.05, 4.69) is 5.32 Å². The number of carbonyl (C=O) groups excluding carboxylic acids is 1. The van der Waals surface area contributed by atoms with E-state index in [9.17, 15) is 9.18 Å². The first-order valence-electron chi connectivity index (χ1n) is 4.33. The summed E-state index contributed by atoms with van der Waals surface area (Å²) in [6, 6.07) is 3.87. The third-order valence-electron chi connectivity index (χ3n) is 1.79. The molecule has 0 radical (unpaired) electrons. The minimum atomic E-state index is -0.644. The van der Waals surface area contributed by atoms with Gasteiger partial charge in [0, 0.05) is 0 Å². The van der Waals surface area contributed by atoms with E-state index >= 15 is 0 Å². The van der Waals surface area contributed by atoms with E-state index in [0.717, 1.165) is 5.56 Å². The van der Waals surface area contributed by atoms with Gasteiger partial charge in [0.1, 0.15) is 5.82 Å². The summed E-state index contributed by atoms with van der Waals surface area (Å²) in [5, 5.41) is 2.41. The second kappa shape index (κ2) is 4.19. The Morgan fingerprint density at radius 3 is 2.79 bits per heavy atom. The molecule has 0 saturated carbocycles. The Morgan fingerprint density at radius 2 is 2.21 bits per heavy atom. The van der Waals surface area contributed by atoms with Crippen LogP contribution in [0, 0.1) is 12.7 Å². The molecule has 0 saturated heterocycles. The SMILES string of the molecule is Cc1ccc(F)c(NC(=O)[C@@H](C)N)c1. The van der Waals surface area contributed by atoms with Gasteiger partial charge in [-0.15, -0.1) is 0 Å². The summed E-state index contributed by atoms with van der Waals surface area (Å²) in [6.07, 6.45) is 0. The van der Waals surface area contributed by atoms with Crippen LogP contribution in [-0.2, 0) is 4.79 Å². The lowest BCUT2D eigenvalue weighted by Crippen LogP contribution is -2.32. The second-order valence-electron chi connectivity index (χ2n) is 3.26. The van der Waals surface area contributed by atoms with E-state index in [-0.39, 0.29) is 5.69 Å². The third kappa shape index (κ3) is 2.53. The van der Waals surface area contributed by atoms with E-state index in [4.69, 9.17) is 5.73 Å². The molecule has 76 valence electrons. The lowest BCUT2D eigenvalue weighted by atomic mass is 10.2. The predicted molar refractivity (Wildman–Crippen MR) is 53.4 cm³/mol. The quantitative estimate of drug-likeness (QED) is 0.751. The lowest BCUT2D eigenvalue weighted by molar-refractivity contribution is -0.117. The Kier molecular flexibility index (Phi) is 3.19. The van der Waals surface area contributed by atoms with Crippen LogP contribution in [0.1, 0.15) is 12.5 Å². The molecular formula is C10H13FN2O. The molecule has 4 heteroatoms. The van der Waals surface area contributed by atoms with Gasteiger partial charge < -0.3 is 11.1 Å². The van der Waals surface area contributed by atoms with Crippen molar-refractivity contribution in [2.24, 2.45) is 5.73 Å². The molecule has 0 aliphatic heterocycles. The molecule has 0 heterocycles. The lowest BCUT2D eigenvalue weighted by Gasteiger charge is -2.09. The Hall–Kier alpha value is -1.42. The Balaban J connectivity index is 2.86. The minimum absolute atomic E-state index is 0.173. The molecule has 1 aromatic carbocycles. The number of anilines is 1. The highest BCUT2D eigenvalue weighted by Crippen LogP contribution is 2.15. The molecule has 0 aliphatic rings. The number of nitrogens with two attached hydrogens (primary N) is 1. The molecule has 0 aliphatic carbocycles. The third-order valence-corrected chi connectivity index (χ3v) is 1.79. The Labute approximate surface area is 82.1 Å². The van der Waals surface area contributed by atoms with Crippen LogP contribution < -0.4 is 11.1 Å². The Bertz CT molecular complexity index is 350. The van der Waals surface area contributed by atoms with Crippen molar-refractivity contribution in [2.75, 3.05) is 5.32 Å². The van der Waals surface area contributed by atoms with Crippen LogP contribution in [0.4, 0.5) is 10.1 Å². The molecule has 1 aromatic rings. The van der Waals surface area contributed by atoms with Crippen molar-refractivity contribution in [3.05, 3.63) is 29.6 Å². The van der Waals surface area contributed by atoms with Crippen molar-refractivity contribution in [1.29, 1.82) is 0 Å². The molecule has 0 bridgehead atoms. The van der Waals surface area contributed by atoms with Crippen molar-refractivity contribution in [3.8, 4) is 0 Å². The largest absolute Gasteiger partial charge is 0.322 e. The van der Waals surface area contributed by atoms with E-state index in [1.54, 1.807) is 19.1 Å². The number of amides is 1. The number of nitrogens with one attached hydrogen (secondary N) is 1. The number of rotatable bonds is 2. The summed E-state index contributed by atoms with van der Waals surface area (Å²) in [7, 11) is 0. The number of hydrogen-bond donors (Lipinski definition) is 2. The van der Waals surface area contributed by atoms with Gasteiger partial charge in [0.15, 0.2) is 0 Å². The van der Waals surface area contributed by atoms with Gasteiger partial charge in [-0.05, 0) is 31.5 Å². The summed E-state index contributed by atoms with van der Waals surface area (Å²) in [4.78, 5) is 11.2. The van der Waals surface area contributed by atoms with Gasteiger partial charge in [-0.25, -0.2) is 4.39 Å². The van der Waals surface area contributed by atoms with Gasteiger partial charge in [0.2, 0.25) is 5.91 Å². The normalized spacial score (nSPS) is 12.3. The standard InChI is InChI=1S/C10H13FN2O/c1-6-3-4-8(11)9(5-6)13-10(14)7(2)12/h3-5,7H,12H2,1-2H3,(H,13,14)/t7-/m1/s1. The summed E-state index contributed by atoms with van der Waals surface area (Å²) >= 11 is 0. The van der Waals surface area contributed by atoms with Gasteiger partial charge in [0.05, 0.1) is 11.7 Å². The van der Waals surface area contributed by atoms with Gasteiger partial charge in [0.25, 0.3) is 0 Å². The minimum Gasteiger partial charge on any atom is -0.322 e. The summed E-state index contributed by atoms with van der Waals surface area (Å²) in [6.45, 7) is 3.37. The van der Waals surface area contributed by atoms with Crippen molar-refractivity contribution >= 4 is 11.6 Å². The molecular weight excluding hydrogens is 183 g/mol. The molecule has 1 atom stereocenters. The molecule has 0 unspecified atom stereocenters. The zero-order valence-electron chi connectivity index (χ0n) is 8.17. The van der Waals surface area contributed by atoms with Gasteiger partial charge in [-0.1, -0.05) is 6.07 Å². The average molecular weight is 196 g/mol. The molecule has 1 rings (SSSR count). The van der Waals surface area contributed by atoms with Crippen LogP contribution in [-0.4, -0.2) is 11.9 Å². The van der Waals surface area contributed by atoms with Crippen molar-refractivity contribution in [3.63, 3.8) is 0 Å². The monoisotopic (exact) mass is 196 g/mol. The fourth-order valence-corrected chi connectivity index (χ4v) is 0.981. The second-order valence-corrected chi connectivity index (χ2v) is 3.26. The van der Waals surface area contributed by atoms with E-state index in [1.807, 2.05) is 6.92 Å². The predicted octanol–water partition coefficient (Wildman–Crippen LogP) is 1.42. The maximum Gasteiger partial charge on any atom is 0.241 e. The van der Waals surface area contributed by atoms with E-state index < -0.39 is 17.8 Å². The van der Waals surface area contributed by atoms with Gasteiger partial charge in [-0.2, -0.15) is 0 Å². The zero-order chi connectivity index (χ0) is 10.7. The van der Waals surface area contributed by atoms with E-state index in [1.165, 1.54) is 6.07 Å². The van der Waals surface area contributed by atoms with Crippen LogP contribution in [0.5, 0.6) is 0 Å². The highest BCUT2D eigenvalue weighted by Gasteiger charge is 2.10. The average Bonchev–Trinajstić information content (AvgIpc) is 2.11. The van der Waals surface area contributed by atoms with Crippen molar-refractivity contribution < 1.29 is 9.18 Å². The van der Waals surface area contributed by atoms with Gasteiger partial charge in [-0.3, -0.25) is 4.79 Å². The maximum atomic E-state index is 13.1. The van der Waals surface area contributed by atoms with Crippen molar-refractivity contribution in [1.82, 2.24) is 0 Å². The van der Waals surface area contributed by atoms with Crippen LogP contribution in [0.3, 0.4) is 0 Å². The highest BCUT2D eigenvalue weighted by atomic mass is 19.1. The van der Waals surface area contributed by atoms with Gasteiger partial charge >= 0.3 is 0 Å². The smallest absolute Gasteiger partial charge is 0.241 e. The number of hydrogen-bond acceptors (Lipinski definition) is 2. The summed E-state index contributed by atoms with van der Waals surface area (Å²) < 4.78 is 13.1. The zero-order valence-corrected chi connectivity index (χ0v) is 8.17. The first-order valence-corrected chi connectivity index (χ1v) is 4.33. The molecule has 3 nitrogen and oxygen atoms in total. The molecule has 3 N–H and O–H groups in total. The van der Waals surface area contributed by atoms with Crippen LogP contribution in [0.25, 0.3) is 0 Å². The first-order chi connectivity index (χ1) is 6.50.